The van der Waals surface area contributed by atoms with Crippen molar-refractivity contribution in [1.82, 2.24) is 25.1 Å². The number of nitrogens with zero attached hydrogens (tertiary/aromatic N) is 5. The first-order valence-electron chi connectivity index (χ1n) is 8.53. The lowest BCUT2D eigenvalue weighted by Gasteiger charge is -2.24. The third-order valence-corrected chi connectivity index (χ3v) is 5.47. The minimum absolute atomic E-state index is 0.0115. The average Bonchev–Trinajstić information content (AvgIpc) is 3.27. The molecule has 0 bridgehead atoms. The zero-order valence-electron chi connectivity index (χ0n) is 14.0. The number of fused-ring (bicyclic) bond motifs is 1. The molecule has 0 spiro atoms. The lowest BCUT2D eigenvalue weighted by Crippen LogP contribution is -2.35. The molecule has 2 aromatic heterocycles. The van der Waals surface area contributed by atoms with Crippen LogP contribution >= 0.6 is 0 Å². The molecule has 0 radical (unpaired) electrons. The van der Waals surface area contributed by atoms with E-state index in [1.165, 1.54) is 6.33 Å². The molecule has 1 aliphatic heterocycles. The van der Waals surface area contributed by atoms with E-state index < -0.39 is 0 Å². The van der Waals surface area contributed by atoms with E-state index in [4.69, 9.17) is 4.42 Å². The largest absolute Gasteiger partial charge is 0.425 e. The summed E-state index contributed by atoms with van der Waals surface area (Å²) in [6.07, 6.45) is 7.08. The number of carbonyl (C=O) groups excluding carboxylic acids is 1. The van der Waals surface area contributed by atoms with Crippen molar-refractivity contribution in [1.29, 1.82) is 0 Å². The van der Waals surface area contributed by atoms with Crippen molar-refractivity contribution in [2.24, 2.45) is 5.92 Å². The molecule has 3 heterocycles. The van der Waals surface area contributed by atoms with Gasteiger partial charge in [0.2, 0.25) is 11.8 Å². The minimum atomic E-state index is -0.182. The highest BCUT2D eigenvalue weighted by Gasteiger charge is 2.55. The second-order valence-corrected chi connectivity index (χ2v) is 6.79. The highest BCUT2D eigenvalue weighted by Crippen LogP contribution is 2.50. The quantitative estimate of drug-likeness (QED) is 0.856. The summed E-state index contributed by atoms with van der Waals surface area (Å²) in [6.45, 7) is 5.18. The Morgan fingerprint density at radius 2 is 2.33 bits per heavy atom. The molecule has 1 saturated heterocycles. The third-order valence-electron chi connectivity index (χ3n) is 5.47. The zero-order valence-corrected chi connectivity index (χ0v) is 14.0. The Hall–Kier alpha value is -2.31. The van der Waals surface area contributed by atoms with Crippen molar-refractivity contribution < 1.29 is 9.21 Å². The summed E-state index contributed by atoms with van der Waals surface area (Å²) in [7, 11) is 0. The standard InChI is InChI=1S/C17H21N5O2/c1-3-14-13(7-18-10-19-14)15(23)22-8-12-5-4-6-17(12,9-22)16-21-20-11(2)24-16/h7,10,12H,3-6,8-9H2,1-2H3/t12-,17-/m0/s1. The van der Waals surface area contributed by atoms with E-state index in [1.807, 2.05) is 18.7 Å². The fourth-order valence-corrected chi connectivity index (χ4v) is 4.28. The molecule has 2 aliphatic rings. The number of rotatable bonds is 3. The maximum atomic E-state index is 13.0. The summed E-state index contributed by atoms with van der Waals surface area (Å²) < 4.78 is 5.77. The average molecular weight is 327 g/mol. The van der Waals surface area contributed by atoms with Crippen molar-refractivity contribution in [2.45, 2.75) is 44.9 Å². The summed E-state index contributed by atoms with van der Waals surface area (Å²) in [5, 5.41) is 8.28. The molecular formula is C17H21N5O2. The van der Waals surface area contributed by atoms with Crippen molar-refractivity contribution in [2.75, 3.05) is 13.1 Å². The molecule has 0 N–H and O–H groups in total. The Morgan fingerprint density at radius 3 is 3.08 bits per heavy atom. The highest BCUT2D eigenvalue weighted by atomic mass is 16.4. The van der Waals surface area contributed by atoms with Gasteiger partial charge in [-0.3, -0.25) is 4.79 Å². The molecule has 7 heteroatoms. The Kier molecular flexibility index (Phi) is 3.58. The predicted molar refractivity (Wildman–Crippen MR) is 85.4 cm³/mol. The maximum absolute atomic E-state index is 13.0. The molecule has 2 fully saturated rings. The van der Waals surface area contributed by atoms with Crippen LogP contribution in [0.1, 0.15) is 54.0 Å². The predicted octanol–water partition coefficient (Wildman–Crippen LogP) is 1.92. The van der Waals surface area contributed by atoms with Crippen LogP contribution in [0.5, 0.6) is 0 Å². The SMILES string of the molecule is CCc1ncncc1C(=O)N1C[C@@H]2CCC[C@]2(c2nnc(C)o2)C1. The molecule has 0 aromatic carbocycles. The van der Waals surface area contributed by atoms with Crippen molar-refractivity contribution >= 4 is 5.91 Å². The van der Waals surface area contributed by atoms with E-state index >= 15 is 0 Å². The summed E-state index contributed by atoms with van der Waals surface area (Å²) in [4.78, 5) is 23.2. The van der Waals surface area contributed by atoms with Crippen LogP contribution in [0.2, 0.25) is 0 Å². The van der Waals surface area contributed by atoms with Gasteiger partial charge in [0.1, 0.15) is 6.33 Å². The fraction of sp³-hybridized carbons (Fsp3) is 0.588. The Balaban J connectivity index is 1.64. The lowest BCUT2D eigenvalue weighted by atomic mass is 9.80. The first kappa shape index (κ1) is 15.2. The van der Waals surface area contributed by atoms with Gasteiger partial charge < -0.3 is 9.32 Å². The summed E-state index contributed by atoms with van der Waals surface area (Å²) in [5.41, 5.74) is 1.23. The van der Waals surface area contributed by atoms with Gasteiger partial charge in [0.05, 0.1) is 16.7 Å². The van der Waals surface area contributed by atoms with Crippen LogP contribution in [-0.2, 0) is 11.8 Å². The Morgan fingerprint density at radius 1 is 1.46 bits per heavy atom. The van der Waals surface area contributed by atoms with Gasteiger partial charge in [-0.25, -0.2) is 9.97 Å². The van der Waals surface area contributed by atoms with E-state index in [1.54, 1.807) is 6.20 Å². The van der Waals surface area contributed by atoms with Crippen LogP contribution in [0.3, 0.4) is 0 Å². The van der Waals surface area contributed by atoms with Crippen LogP contribution < -0.4 is 0 Å². The number of likely N-dealkylation sites (tertiary alicyclic amines) is 1. The molecule has 24 heavy (non-hydrogen) atoms. The van der Waals surface area contributed by atoms with Crippen LogP contribution in [0.4, 0.5) is 0 Å². The molecule has 1 aliphatic carbocycles. The zero-order chi connectivity index (χ0) is 16.7. The second-order valence-electron chi connectivity index (χ2n) is 6.79. The van der Waals surface area contributed by atoms with Gasteiger partial charge in [0.15, 0.2) is 0 Å². The van der Waals surface area contributed by atoms with E-state index in [0.717, 1.165) is 37.9 Å². The van der Waals surface area contributed by atoms with Gasteiger partial charge in [0.25, 0.3) is 5.91 Å². The molecule has 2 aromatic rings. The van der Waals surface area contributed by atoms with Gasteiger partial charge in [-0.2, -0.15) is 0 Å². The molecule has 2 atom stereocenters. The van der Waals surface area contributed by atoms with Gasteiger partial charge >= 0.3 is 0 Å². The number of aryl methyl sites for hydroxylation is 2. The van der Waals surface area contributed by atoms with Gasteiger partial charge in [-0.1, -0.05) is 13.3 Å². The van der Waals surface area contributed by atoms with Crippen molar-refractivity contribution in [3.8, 4) is 0 Å². The van der Waals surface area contributed by atoms with Gasteiger partial charge in [-0.15, -0.1) is 10.2 Å². The number of hydrogen-bond acceptors (Lipinski definition) is 6. The Bertz CT molecular complexity index is 774. The number of carbonyl (C=O) groups is 1. The van der Waals surface area contributed by atoms with Gasteiger partial charge in [-0.05, 0) is 25.2 Å². The topological polar surface area (TPSA) is 85.0 Å². The van der Waals surface area contributed by atoms with Crippen LogP contribution in [-0.4, -0.2) is 44.1 Å². The number of hydrogen-bond donors (Lipinski definition) is 0. The molecule has 1 amide bonds. The van der Waals surface area contributed by atoms with E-state index in [-0.39, 0.29) is 11.3 Å². The molecule has 1 saturated carbocycles. The summed E-state index contributed by atoms with van der Waals surface area (Å²) >= 11 is 0. The van der Waals surface area contributed by atoms with Crippen molar-refractivity contribution in [3.05, 3.63) is 35.6 Å². The van der Waals surface area contributed by atoms with Crippen LogP contribution in [0, 0.1) is 12.8 Å². The molecule has 7 nitrogen and oxygen atoms in total. The Labute approximate surface area is 140 Å². The first-order valence-corrected chi connectivity index (χ1v) is 8.53. The molecular weight excluding hydrogens is 306 g/mol. The first-order chi connectivity index (χ1) is 11.6. The monoisotopic (exact) mass is 327 g/mol. The maximum Gasteiger partial charge on any atom is 0.257 e. The van der Waals surface area contributed by atoms with Crippen LogP contribution in [0.25, 0.3) is 0 Å². The third kappa shape index (κ3) is 2.22. The molecule has 126 valence electrons. The number of aromatic nitrogens is 4. The lowest BCUT2D eigenvalue weighted by molar-refractivity contribution is 0.0773. The highest BCUT2D eigenvalue weighted by molar-refractivity contribution is 5.95. The van der Waals surface area contributed by atoms with E-state index in [9.17, 15) is 4.79 Å². The van der Waals surface area contributed by atoms with Crippen molar-refractivity contribution in [3.63, 3.8) is 0 Å². The smallest absolute Gasteiger partial charge is 0.257 e. The molecule has 0 unspecified atom stereocenters. The minimum Gasteiger partial charge on any atom is -0.425 e. The molecule has 4 rings (SSSR count). The van der Waals surface area contributed by atoms with Gasteiger partial charge in [0, 0.05) is 26.2 Å². The van der Waals surface area contributed by atoms with E-state index in [0.29, 0.717) is 29.8 Å². The normalized spacial score (nSPS) is 25.9. The number of amides is 1. The second kappa shape index (κ2) is 5.65. The summed E-state index contributed by atoms with van der Waals surface area (Å²) in [5.74, 6) is 1.67. The van der Waals surface area contributed by atoms with Crippen LogP contribution in [0.15, 0.2) is 16.9 Å². The van der Waals surface area contributed by atoms with E-state index in [2.05, 4.69) is 20.2 Å². The summed E-state index contributed by atoms with van der Waals surface area (Å²) in [6, 6.07) is 0. The fourth-order valence-electron chi connectivity index (χ4n) is 4.28.